The Balaban J connectivity index is 1.39. The molecule has 4 rings (SSSR count). The molecule has 10 heteroatoms. The monoisotopic (exact) mass is 460 g/mol. The second kappa shape index (κ2) is 9.99. The number of carbonyl (C=O) groups excluding carboxylic acids is 1. The molecule has 0 fully saturated rings. The van der Waals surface area contributed by atoms with Crippen molar-refractivity contribution >= 4 is 17.3 Å². The van der Waals surface area contributed by atoms with Crippen molar-refractivity contribution < 1.29 is 14.5 Å². The molecule has 0 saturated carbocycles. The van der Waals surface area contributed by atoms with Gasteiger partial charge in [-0.05, 0) is 43.2 Å². The van der Waals surface area contributed by atoms with Crippen LogP contribution in [0.5, 0.6) is 5.75 Å². The van der Waals surface area contributed by atoms with Gasteiger partial charge in [0.15, 0.2) is 5.75 Å². The van der Waals surface area contributed by atoms with Gasteiger partial charge in [-0.2, -0.15) is 10.2 Å². The number of carbonyl (C=O) groups is 1. The molecule has 0 spiro atoms. The largest absolute Gasteiger partial charge is 0.482 e. The number of benzene rings is 2. The molecular weight excluding hydrogens is 436 g/mol. The van der Waals surface area contributed by atoms with E-state index in [0.717, 1.165) is 17.7 Å². The molecule has 34 heavy (non-hydrogen) atoms. The van der Waals surface area contributed by atoms with Gasteiger partial charge < -0.3 is 10.1 Å². The molecule has 2 heterocycles. The van der Waals surface area contributed by atoms with Crippen molar-refractivity contribution in [3.63, 3.8) is 0 Å². The Hall–Kier alpha value is -4.47. The molecule has 0 radical (unpaired) electrons. The van der Waals surface area contributed by atoms with Gasteiger partial charge in [0.2, 0.25) is 0 Å². The highest BCUT2D eigenvalue weighted by molar-refractivity contribution is 6.04. The summed E-state index contributed by atoms with van der Waals surface area (Å²) in [5.41, 5.74) is 3.43. The van der Waals surface area contributed by atoms with Crippen molar-refractivity contribution in [1.82, 2.24) is 19.6 Å². The Labute approximate surface area is 195 Å². The van der Waals surface area contributed by atoms with Crippen LogP contribution in [0.3, 0.4) is 0 Å². The molecule has 0 saturated heterocycles. The highest BCUT2D eigenvalue weighted by Gasteiger charge is 2.16. The average Bonchev–Trinajstić information content (AvgIpc) is 3.47. The molecule has 174 valence electrons. The summed E-state index contributed by atoms with van der Waals surface area (Å²) >= 11 is 0. The van der Waals surface area contributed by atoms with Gasteiger partial charge in [-0.15, -0.1) is 0 Å². The normalized spacial score (nSPS) is 10.8. The maximum atomic E-state index is 12.7. The minimum Gasteiger partial charge on any atom is -0.482 e. The Kier molecular flexibility index (Phi) is 6.67. The third-order valence-electron chi connectivity index (χ3n) is 5.14. The van der Waals surface area contributed by atoms with Crippen molar-refractivity contribution in [3.8, 4) is 5.75 Å². The molecule has 0 atom stereocenters. The van der Waals surface area contributed by atoms with Crippen LogP contribution >= 0.6 is 0 Å². The SMILES string of the molecule is CCn1cc(Cn2cc(NC(=O)c3cccc(COc4ccc(C)cc4[N+](=O)[O-])c3)cn2)cn1. The summed E-state index contributed by atoms with van der Waals surface area (Å²) in [6, 6.07) is 11.7. The molecule has 0 unspecified atom stereocenters. The topological polar surface area (TPSA) is 117 Å². The maximum absolute atomic E-state index is 12.7. The fourth-order valence-corrected chi connectivity index (χ4v) is 3.42. The van der Waals surface area contributed by atoms with Crippen LogP contribution in [-0.4, -0.2) is 30.4 Å². The maximum Gasteiger partial charge on any atom is 0.311 e. The predicted octanol–water partition coefficient (Wildman–Crippen LogP) is 4.20. The van der Waals surface area contributed by atoms with E-state index < -0.39 is 4.92 Å². The number of amides is 1. The zero-order chi connectivity index (χ0) is 24.1. The summed E-state index contributed by atoms with van der Waals surface area (Å²) in [7, 11) is 0. The van der Waals surface area contributed by atoms with Gasteiger partial charge in [0, 0.05) is 36.1 Å². The number of ether oxygens (including phenoxy) is 1. The Morgan fingerprint density at radius 3 is 2.68 bits per heavy atom. The molecule has 0 aliphatic carbocycles. The number of hydrogen-bond donors (Lipinski definition) is 1. The molecule has 0 bridgehead atoms. The number of aromatic nitrogens is 4. The number of hydrogen-bond acceptors (Lipinski definition) is 6. The highest BCUT2D eigenvalue weighted by atomic mass is 16.6. The summed E-state index contributed by atoms with van der Waals surface area (Å²) < 4.78 is 9.24. The first-order chi connectivity index (χ1) is 16.4. The highest BCUT2D eigenvalue weighted by Crippen LogP contribution is 2.28. The summed E-state index contributed by atoms with van der Waals surface area (Å²) in [6.07, 6.45) is 7.09. The summed E-state index contributed by atoms with van der Waals surface area (Å²) in [4.78, 5) is 23.6. The molecule has 2 aromatic carbocycles. The molecule has 1 amide bonds. The van der Waals surface area contributed by atoms with Gasteiger partial charge in [0.25, 0.3) is 5.91 Å². The lowest BCUT2D eigenvalue weighted by molar-refractivity contribution is -0.386. The predicted molar refractivity (Wildman–Crippen MR) is 126 cm³/mol. The van der Waals surface area contributed by atoms with E-state index in [2.05, 4.69) is 15.5 Å². The van der Waals surface area contributed by atoms with E-state index in [0.29, 0.717) is 23.4 Å². The zero-order valence-electron chi connectivity index (χ0n) is 18.8. The molecule has 1 N–H and O–H groups in total. The fourth-order valence-electron chi connectivity index (χ4n) is 3.42. The summed E-state index contributed by atoms with van der Waals surface area (Å²) in [6.45, 7) is 5.24. The fraction of sp³-hybridized carbons (Fsp3) is 0.208. The zero-order valence-corrected chi connectivity index (χ0v) is 18.8. The van der Waals surface area contributed by atoms with Crippen LogP contribution in [0, 0.1) is 17.0 Å². The van der Waals surface area contributed by atoms with Crippen molar-refractivity contribution in [2.24, 2.45) is 0 Å². The van der Waals surface area contributed by atoms with Gasteiger partial charge in [-0.3, -0.25) is 24.3 Å². The summed E-state index contributed by atoms with van der Waals surface area (Å²) in [5.74, 6) is -0.108. The Morgan fingerprint density at radius 2 is 1.91 bits per heavy atom. The number of nitro benzene ring substituents is 1. The van der Waals surface area contributed by atoms with E-state index in [-0.39, 0.29) is 24.0 Å². The minimum atomic E-state index is -0.470. The smallest absolute Gasteiger partial charge is 0.311 e. The second-order valence-corrected chi connectivity index (χ2v) is 7.80. The van der Waals surface area contributed by atoms with Crippen LogP contribution in [0.2, 0.25) is 0 Å². The first-order valence-electron chi connectivity index (χ1n) is 10.7. The van der Waals surface area contributed by atoms with Crippen LogP contribution in [0.15, 0.2) is 67.3 Å². The number of nitro groups is 1. The lowest BCUT2D eigenvalue weighted by Crippen LogP contribution is -2.12. The standard InChI is InChI=1S/C24H24N6O4/c1-3-28-13-19(11-25-28)14-29-15-21(12-26-29)27-24(31)20-6-4-5-18(10-20)16-34-23-8-7-17(2)9-22(23)30(32)33/h4-13,15H,3,14,16H2,1-2H3,(H,27,31). The van der Waals surface area contributed by atoms with Crippen LogP contribution in [0.1, 0.15) is 34.0 Å². The van der Waals surface area contributed by atoms with Crippen LogP contribution in [-0.2, 0) is 19.7 Å². The van der Waals surface area contributed by atoms with Gasteiger partial charge in [-0.25, -0.2) is 0 Å². The van der Waals surface area contributed by atoms with Crippen LogP contribution in [0.4, 0.5) is 11.4 Å². The number of nitrogens with one attached hydrogen (secondary N) is 1. The lowest BCUT2D eigenvalue weighted by atomic mass is 10.1. The Bertz CT molecular complexity index is 1330. The first-order valence-corrected chi connectivity index (χ1v) is 10.7. The average molecular weight is 460 g/mol. The quantitative estimate of drug-likeness (QED) is 0.296. The van der Waals surface area contributed by atoms with E-state index in [4.69, 9.17) is 4.74 Å². The van der Waals surface area contributed by atoms with E-state index in [1.54, 1.807) is 66.6 Å². The van der Waals surface area contributed by atoms with Crippen molar-refractivity contribution in [1.29, 1.82) is 0 Å². The first kappa shape index (κ1) is 22.7. The molecule has 2 aromatic heterocycles. The lowest BCUT2D eigenvalue weighted by Gasteiger charge is -2.09. The molecule has 10 nitrogen and oxygen atoms in total. The van der Waals surface area contributed by atoms with E-state index >= 15 is 0 Å². The Morgan fingerprint density at radius 1 is 1.09 bits per heavy atom. The van der Waals surface area contributed by atoms with E-state index in [1.807, 2.05) is 17.8 Å². The molecule has 0 aliphatic heterocycles. The van der Waals surface area contributed by atoms with Crippen molar-refractivity contribution in [3.05, 3.63) is 99.6 Å². The van der Waals surface area contributed by atoms with Gasteiger partial charge in [0.05, 0.1) is 29.5 Å². The molecule has 4 aromatic rings. The third kappa shape index (κ3) is 5.47. The number of anilines is 1. The number of rotatable bonds is 9. The molecule has 0 aliphatic rings. The summed E-state index contributed by atoms with van der Waals surface area (Å²) in [5, 5.41) is 22.7. The van der Waals surface area contributed by atoms with E-state index in [9.17, 15) is 14.9 Å². The van der Waals surface area contributed by atoms with Gasteiger partial charge >= 0.3 is 5.69 Å². The number of nitrogens with zero attached hydrogens (tertiary/aromatic N) is 5. The van der Waals surface area contributed by atoms with Crippen molar-refractivity contribution in [2.45, 2.75) is 33.5 Å². The van der Waals surface area contributed by atoms with Crippen molar-refractivity contribution in [2.75, 3.05) is 5.32 Å². The van der Waals surface area contributed by atoms with Crippen LogP contribution < -0.4 is 10.1 Å². The minimum absolute atomic E-state index is 0.0899. The third-order valence-corrected chi connectivity index (χ3v) is 5.14. The van der Waals surface area contributed by atoms with Crippen LogP contribution in [0.25, 0.3) is 0 Å². The van der Waals surface area contributed by atoms with Gasteiger partial charge in [-0.1, -0.05) is 18.2 Å². The van der Waals surface area contributed by atoms with Gasteiger partial charge in [0.1, 0.15) is 6.61 Å². The van der Waals surface area contributed by atoms with E-state index in [1.165, 1.54) is 6.07 Å². The second-order valence-electron chi connectivity index (χ2n) is 7.80. The number of aryl methyl sites for hydroxylation is 2. The molecular formula is C24H24N6O4.